The minimum absolute atomic E-state index is 0.434. The van der Waals surface area contributed by atoms with E-state index >= 15 is 0 Å². The zero-order valence-corrected chi connectivity index (χ0v) is 9.42. The van der Waals surface area contributed by atoms with Crippen LogP contribution in [0.3, 0.4) is 0 Å². The zero-order valence-electron chi connectivity index (χ0n) is 8.60. The SMILES string of the molecule is CC(C)S(=O)(=O)N1CCCCC1C#N. The molecule has 14 heavy (non-hydrogen) atoms. The van der Waals surface area contributed by atoms with E-state index in [0.717, 1.165) is 12.8 Å². The molecule has 0 N–H and O–H groups in total. The second kappa shape index (κ2) is 4.28. The van der Waals surface area contributed by atoms with Crippen LogP contribution in [0.15, 0.2) is 0 Å². The molecule has 1 aliphatic rings. The third-order valence-electron chi connectivity index (χ3n) is 2.53. The van der Waals surface area contributed by atoms with Gasteiger partial charge < -0.3 is 0 Å². The quantitative estimate of drug-likeness (QED) is 0.694. The van der Waals surface area contributed by atoms with E-state index in [9.17, 15) is 8.42 Å². The van der Waals surface area contributed by atoms with E-state index in [0.29, 0.717) is 13.0 Å². The summed E-state index contributed by atoms with van der Waals surface area (Å²) in [6.45, 7) is 3.80. The van der Waals surface area contributed by atoms with Crippen molar-refractivity contribution in [3.8, 4) is 6.07 Å². The lowest BCUT2D eigenvalue weighted by Crippen LogP contribution is -2.45. The first-order valence-electron chi connectivity index (χ1n) is 4.90. The molecule has 1 unspecified atom stereocenters. The van der Waals surface area contributed by atoms with Gasteiger partial charge in [0.1, 0.15) is 6.04 Å². The van der Waals surface area contributed by atoms with Crippen molar-refractivity contribution in [3.63, 3.8) is 0 Å². The van der Waals surface area contributed by atoms with Crippen molar-refractivity contribution in [1.29, 1.82) is 5.26 Å². The van der Waals surface area contributed by atoms with Crippen molar-refractivity contribution in [3.05, 3.63) is 0 Å². The van der Waals surface area contributed by atoms with Crippen molar-refractivity contribution in [2.75, 3.05) is 6.54 Å². The number of rotatable bonds is 2. The molecular weight excluding hydrogens is 200 g/mol. The third kappa shape index (κ3) is 2.07. The topological polar surface area (TPSA) is 61.2 Å². The Hall–Kier alpha value is -0.600. The van der Waals surface area contributed by atoms with Crippen LogP contribution >= 0.6 is 0 Å². The van der Waals surface area contributed by atoms with Crippen LogP contribution < -0.4 is 0 Å². The molecule has 1 aliphatic heterocycles. The smallest absolute Gasteiger partial charge is 0.212 e. The Kier molecular flexibility index (Phi) is 3.51. The molecule has 0 radical (unpaired) electrons. The molecule has 5 heteroatoms. The van der Waals surface area contributed by atoms with Crippen LogP contribution in [0.4, 0.5) is 0 Å². The Labute approximate surface area is 85.6 Å². The molecule has 0 amide bonds. The van der Waals surface area contributed by atoms with E-state index in [1.807, 2.05) is 0 Å². The first-order chi connectivity index (χ1) is 6.50. The number of nitriles is 1. The molecule has 1 fully saturated rings. The molecule has 0 bridgehead atoms. The monoisotopic (exact) mass is 216 g/mol. The van der Waals surface area contributed by atoms with Crippen molar-refractivity contribution in [2.24, 2.45) is 0 Å². The number of hydrogen-bond acceptors (Lipinski definition) is 3. The lowest BCUT2D eigenvalue weighted by molar-refractivity contribution is 0.295. The largest absolute Gasteiger partial charge is 0.217 e. The average molecular weight is 216 g/mol. The van der Waals surface area contributed by atoms with E-state index < -0.39 is 21.3 Å². The summed E-state index contributed by atoms with van der Waals surface area (Å²) in [6.07, 6.45) is 2.48. The summed E-state index contributed by atoms with van der Waals surface area (Å²) in [7, 11) is -3.25. The minimum atomic E-state index is -3.25. The Morgan fingerprint density at radius 1 is 1.43 bits per heavy atom. The summed E-state index contributed by atoms with van der Waals surface area (Å²) >= 11 is 0. The van der Waals surface area contributed by atoms with Gasteiger partial charge in [0.05, 0.1) is 11.3 Å². The van der Waals surface area contributed by atoms with Gasteiger partial charge in [-0.25, -0.2) is 8.42 Å². The minimum Gasteiger partial charge on any atom is -0.212 e. The molecule has 0 aromatic rings. The van der Waals surface area contributed by atoms with Gasteiger partial charge in [-0.2, -0.15) is 9.57 Å². The van der Waals surface area contributed by atoms with Gasteiger partial charge >= 0.3 is 0 Å². The molecular formula is C9H16N2O2S. The fourth-order valence-electron chi connectivity index (χ4n) is 1.61. The third-order valence-corrected chi connectivity index (χ3v) is 4.81. The van der Waals surface area contributed by atoms with E-state index in [1.54, 1.807) is 13.8 Å². The lowest BCUT2D eigenvalue weighted by atomic mass is 10.1. The van der Waals surface area contributed by atoms with Gasteiger partial charge in [0, 0.05) is 6.54 Å². The van der Waals surface area contributed by atoms with Crippen molar-refractivity contribution >= 4 is 10.0 Å². The summed E-state index contributed by atoms with van der Waals surface area (Å²) < 4.78 is 25.0. The van der Waals surface area contributed by atoms with E-state index in [1.165, 1.54) is 4.31 Å². The van der Waals surface area contributed by atoms with Crippen LogP contribution in [-0.4, -0.2) is 30.6 Å². The Balaban J connectivity index is 2.90. The van der Waals surface area contributed by atoms with Crippen LogP contribution in [0.25, 0.3) is 0 Å². The van der Waals surface area contributed by atoms with Gasteiger partial charge in [0.15, 0.2) is 0 Å². The lowest BCUT2D eigenvalue weighted by Gasteiger charge is -2.31. The predicted molar refractivity (Wildman–Crippen MR) is 54.0 cm³/mol. The maximum absolute atomic E-state index is 11.8. The molecule has 4 nitrogen and oxygen atoms in total. The van der Waals surface area contributed by atoms with Crippen molar-refractivity contribution in [1.82, 2.24) is 4.31 Å². The van der Waals surface area contributed by atoms with Crippen LogP contribution in [0.2, 0.25) is 0 Å². The van der Waals surface area contributed by atoms with Crippen LogP contribution in [-0.2, 0) is 10.0 Å². The van der Waals surface area contributed by atoms with Crippen LogP contribution in [0, 0.1) is 11.3 Å². The molecule has 1 heterocycles. The van der Waals surface area contributed by atoms with E-state index in [-0.39, 0.29) is 0 Å². The molecule has 1 saturated heterocycles. The maximum Gasteiger partial charge on any atom is 0.217 e. The molecule has 0 aromatic heterocycles. The van der Waals surface area contributed by atoms with Gasteiger partial charge in [-0.15, -0.1) is 0 Å². The summed E-state index contributed by atoms with van der Waals surface area (Å²) in [4.78, 5) is 0. The molecule has 0 spiro atoms. The summed E-state index contributed by atoms with van der Waals surface area (Å²) in [5.74, 6) is 0. The van der Waals surface area contributed by atoms with Crippen molar-refractivity contribution in [2.45, 2.75) is 44.4 Å². The Morgan fingerprint density at radius 2 is 2.07 bits per heavy atom. The van der Waals surface area contributed by atoms with Gasteiger partial charge in [-0.1, -0.05) is 0 Å². The fraction of sp³-hybridized carbons (Fsp3) is 0.889. The predicted octanol–water partition coefficient (Wildman–Crippen LogP) is 1.10. The van der Waals surface area contributed by atoms with E-state index in [2.05, 4.69) is 6.07 Å². The van der Waals surface area contributed by atoms with Crippen molar-refractivity contribution < 1.29 is 8.42 Å². The highest BCUT2D eigenvalue weighted by Gasteiger charge is 2.33. The molecule has 0 aliphatic carbocycles. The zero-order chi connectivity index (χ0) is 10.8. The highest BCUT2D eigenvalue weighted by atomic mass is 32.2. The number of sulfonamides is 1. The normalized spacial score (nSPS) is 24.9. The number of piperidine rings is 1. The number of hydrogen-bond donors (Lipinski definition) is 0. The summed E-state index contributed by atoms with van der Waals surface area (Å²) in [6, 6.07) is 1.61. The first-order valence-corrected chi connectivity index (χ1v) is 6.40. The summed E-state index contributed by atoms with van der Waals surface area (Å²) in [5.41, 5.74) is 0. The highest BCUT2D eigenvalue weighted by Crippen LogP contribution is 2.22. The van der Waals surface area contributed by atoms with Gasteiger partial charge in [-0.05, 0) is 33.1 Å². The van der Waals surface area contributed by atoms with Gasteiger partial charge in [0.2, 0.25) is 10.0 Å². The molecule has 1 rings (SSSR count). The molecule has 80 valence electrons. The maximum atomic E-state index is 11.8. The molecule has 0 saturated carbocycles. The standard InChI is InChI=1S/C9H16N2O2S/c1-8(2)14(12,13)11-6-4-3-5-9(11)7-10/h8-9H,3-6H2,1-2H3. The Bertz CT molecular complexity index is 329. The second-order valence-corrected chi connectivity index (χ2v) is 6.29. The average Bonchev–Trinajstić information content (AvgIpc) is 2.17. The first kappa shape index (κ1) is 11.5. The summed E-state index contributed by atoms with van der Waals surface area (Å²) in [5, 5.41) is 8.42. The highest BCUT2D eigenvalue weighted by molar-refractivity contribution is 7.89. The Morgan fingerprint density at radius 3 is 2.57 bits per heavy atom. The fourth-order valence-corrected chi connectivity index (χ4v) is 3.04. The van der Waals surface area contributed by atoms with Crippen LogP contribution in [0.5, 0.6) is 0 Å². The number of nitrogens with zero attached hydrogens (tertiary/aromatic N) is 2. The van der Waals surface area contributed by atoms with Gasteiger partial charge in [-0.3, -0.25) is 0 Å². The second-order valence-electron chi connectivity index (χ2n) is 3.85. The molecule has 1 atom stereocenters. The van der Waals surface area contributed by atoms with Crippen LogP contribution in [0.1, 0.15) is 33.1 Å². The molecule has 0 aromatic carbocycles. The van der Waals surface area contributed by atoms with Gasteiger partial charge in [0.25, 0.3) is 0 Å². The van der Waals surface area contributed by atoms with E-state index in [4.69, 9.17) is 5.26 Å².